The van der Waals surface area contributed by atoms with Gasteiger partial charge in [0.25, 0.3) is 0 Å². The molecule has 0 aromatic heterocycles. The summed E-state index contributed by atoms with van der Waals surface area (Å²) in [4.78, 5) is 21.5. The second-order valence-corrected chi connectivity index (χ2v) is 5.79. The molecule has 0 amide bonds. The molecule has 0 spiro atoms. The standard InChI is InChI=1S/C10H14O2S2/c1-6-9(4-13-7(2)11)10(6)5-14-8(3)12/h9-10H,1,4-5H2,2-3H3/t9-,10-/m1/s1. The van der Waals surface area contributed by atoms with Crippen LogP contribution in [0, 0.1) is 11.8 Å². The van der Waals surface area contributed by atoms with Crippen molar-refractivity contribution in [1.82, 2.24) is 0 Å². The maximum absolute atomic E-state index is 10.7. The minimum Gasteiger partial charge on any atom is -0.288 e. The van der Waals surface area contributed by atoms with Crippen LogP contribution < -0.4 is 0 Å². The first-order valence-corrected chi connectivity index (χ1v) is 6.45. The Morgan fingerprint density at radius 2 is 1.50 bits per heavy atom. The molecule has 0 aliphatic heterocycles. The highest BCUT2D eigenvalue weighted by Gasteiger charge is 2.41. The van der Waals surface area contributed by atoms with Gasteiger partial charge in [-0.05, 0) is 11.8 Å². The van der Waals surface area contributed by atoms with Gasteiger partial charge in [0.1, 0.15) is 0 Å². The highest BCUT2D eigenvalue weighted by atomic mass is 32.2. The molecule has 1 saturated carbocycles. The molecule has 0 aromatic rings. The maximum atomic E-state index is 10.7. The molecule has 0 radical (unpaired) electrons. The van der Waals surface area contributed by atoms with Crippen molar-refractivity contribution >= 4 is 33.8 Å². The first-order valence-electron chi connectivity index (χ1n) is 4.47. The van der Waals surface area contributed by atoms with E-state index >= 15 is 0 Å². The van der Waals surface area contributed by atoms with Gasteiger partial charge in [0.15, 0.2) is 10.2 Å². The zero-order chi connectivity index (χ0) is 10.7. The molecule has 78 valence electrons. The number of hydrogen-bond donors (Lipinski definition) is 0. The predicted molar refractivity (Wildman–Crippen MR) is 62.4 cm³/mol. The Bertz CT molecular complexity index is 247. The molecule has 0 aromatic carbocycles. The van der Waals surface area contributed by atoms with Gasteiger partial charge in [0, 0.05) is 25.4 Å². The lowest BCUT2D eigenvalue weighted by Crippen LogP contribution is -1.94. The predicted octanol–water partition coefficient (Wildman–Crippen LogP) is 2.35. The lowest BCUT2D eigenvalue weighted by molar-refractivity contribution is -0.109. The number of hydrogen-bond acceptors (Lipinski definition) is 4. The van der Waals surface area contributed by atoms with Crippen molar-refractivity contribution in [2.24, 2.45) is 11.8 Å². The van der Waals surface area contributed by atoms with E-state index in [4.69, 9.17) is 0 Å². The second-order valence-electron chi connectivity index (χ2n) is 3.39. The summed E-state index contributed by atoms with van der Waals surface area (Å²) in [5.74, 6) is 2.57. The molecule has 0 bridgehead atoms. The van der Waals surface area contributed by atoms with Crippen molar-refractivity contribution in [2.75, 3.05) is 11.5 Å². The lowest BCUT2D eigenvalue weighted by atomic mass is 10.4. The van der Waals surface area contributed by atoms with E-state index in [1.165, 1.54) is 29.1 Å². The normalized spacial score (nSPS) is 24.9. The Kier molecular flexibility index (Phi) is 4.26. The summed E-state index contributed by atoms with van der Waals surface area (Å²) in [7, 11) is 0. The van der Waals surface area contributed by atoms with Crippen LogP contribution >= 0.6 is 23.5 Å². The molecule has 14 heavy (non-hydrogen) atoms. The molecule has 1 fully saturated rings. The summed E-state index contributed by atoms with van der Waals surface area (Å²) < 4.78 is 0. The molecule has 1 aliphatic rings. The lowest BCUT2D eigenvalue weighted by Gasteiger charge is -1.95. The Balaban J connectivity index is 2.21. The van der Waals surface area contributed by atoms with Crippen molar-refractivity contribution in [1.29, 1.82) is 0 Å². The largest absolute Gasteiger partial charge is 0.288 e. The number of rotatable bonds is 4. The fourth-order valence-corrected chi connectivity index (χ4v) is 3.03. The first-order chi connectivity index (χ1) is 6.52. The van der Waals surface area contributed by atoms with E-state index in [-0.39, 0.29) is 10.2 Å². The van der Waals surface area contributed by atoms with Gasteiger partial charge in [0.2, 0.25) is 0 Å². The van der Waals surface area contributed by atoms with Gasteiger partial charge in [-0.15, -0.1) is 0 Å². The third-order valence-corrected chi connectivity index (χ3v) is 4.13. The van der Waals surface area contributed by atoms with Crippen LogP contribution in [0.5, 0.6) is 0 Å². The van der Waals surface area contributed by atoms with Crippen molar-refractivity contribution in [2.45, 2.75) is 13.8 Å². The molecule has 0 saturated heterocycles. The zero-order valence-corrected chi connectivity index (χ0v) is 10.0. The van der Waals surface area contributed by atoms with E-state index in [0.29, 0.717) is 11.8 Å². The van der Waals surface area contributed by atoms with Crippen LogP contribution in [0.3, 0.4) is 0 Å². The maximum Gasteiger partial charge on any atom is 0.185 e. The van der Waals surface area contributed by atoms with Crippen molar-refractivity contribution in [3.05, 3.63) is 12.2 Å². The molecule has 0 N–H and O–H groups in total. The molecular formula is C10H14O2S2. The van der Waals surface area contributed by atoms with E-state index in [9.17, 15) is 9.59 Å². The topological polar surface area (TPSA) is 34.1 Å². The van der Waals surface area contributed by atoms with Gasteiger partial charge in [-0.3, -0.25) is 9.59 Å². The minimum atomic E-state index is 0.155. The summed E-state index contributed by atoms with van der Waals surface area (Å²) in [6, 6.07) is 0. The average molecular weight is 230 g/mol. The molecule has 1 aliphatic carbocycles. The highest BCUT2D eigenvalue weighted by Crippen LogP contribution is 2.47. The molecule has 1 rings (SSSR count). The molecule has 2 nitrogen and oxygen atoms in total. The number of thioether (sulfide) groups is 2. The first kappa shape index (κ1) is 11.9. The quantitative estimate of drug-likeness (QED) is 0.694. The van der Waals surface area contributed by atoms with E-state index in [1.54, 1.807) is 13.8 Å². The molecule has 0 heterocycles. The van der Waals surface area contributed by atoms with Crippen LogP contribution in [-0.4, -0.2) is 21.7 Å². The van der Waals surface area contributed by atoms with Crippen molar-refractivity contribution in [3.63, 3.8) is 0 Å². The van der Waals surface area contributed by atoms with Crippen LogP contribution in [0.15, 0.2) is 12.2 Å². The Hall–Kier alpha value is -0.220. The van der Waals surface area contributed by atoms with E-state index < -0.39 is 0 Å². The van der Waals surface area contributed by atoms with Crippen molar-refractivity contribution in [3.8, 4) is 0 Å². The number of allylic oxidation sites excluding steroid dienone is 1. The van der Waals surface area contributed by atoms with Crippen LogP contribution in [-0.2, 0) is 9.59 Å². The second kappa shape index (κ2) is 5.03. The number of carbonyl (C=O) groups is 2. The van der Waals surface area contributed by atoms with Gasteiger partial charge < -0.3 is 0 Å². The summed E-state index contributed by atoms with van der Waals surface area (Å²) in [5, 5.41) is 0.311. The number of carbonyl (C=O) groups excluding carboxylic acids is 2. The Morgan fingerprint density at radius 3 is 1.79 bits per heavy atom. The Labute approximate surface area is 92.9 Å². The summed E-state index contributed by atoms with van der Waals surface area (Å²) >= 11 is 2.70. The molecule has 2 atom stereocenters. The third-order valence-electron chi connectivity index (χ3n) is 2.26. The fraction of sp³-hybridized carbons (Fsp3) is 0.600. The van der Waals surface area contributed by atoms with Gasteiger partial charge in [-0.2, -0.15) is 0 Å². The molecule has 0 unspecified atom stereocenters. The smallest absolute Gasteiger partial charge is 0.185 e. The monoisotopic (exact) mass is 230 g/mol. The summed E-state index contributed by atoms with van der Waals surface area (Å²) in [6.45, 7) is 7.09. The fourth-order valence-electron chi connectivity index (χ4n) is 1.31. The average Bonchev–Trinajstić information content (AvgIpc) is 2.69. The zero-order valence-electron chi connectivity index (χ0n) is 8.41. The van der Waals surface area contributed by atoms with Gasteiger partial charge >= 0.3 is 0 Å². The third kappa shape index (κ3) is 3.50. The minimum absolute atomic E-state index is 0.155. The van der Waals surface area contributed by atoms with Crippen LogP contribution in [0.25, 0.3) is 0 Å². The van der Waals surface area contributed by atoms with E-state index in [2.05, 4.69) is 6.58 Å². The van der Waals surface area contributed by atoms with Crippen LogP contribution in [0.2, 0.25) is 0 Å². The van der Waals surface area contributed by atoms with Gasteiger partial charge in [-0.25, -0.2) is 0 Å². The molecule has 4 heteroatoms. The van der Waals surface area contributed by atoms with Crippen LogP contribution in [0.1, 0.15) is 13.8 Å². The van der Waals surface area contributed by atoms with Gasteiger partial charge in [-0.1, -0.05) is 35.7 Å². The summed E-state index contributed by atoms with van der Waals surface area (Å²) in [6.07, 6.45) is 0. The molecular weight excluding hydrogens is 216 g/mol. The Morgan fingerprint density at radius 1 is 1.14 bits per heavy atom. The van der Waals surface area contributed by atoms with Crippen molar-refractivity contribution < 1.29 is 9.59 Å². The van der Waals surface area contributed by atoms with E-state index in [1.807, 2.05) is 0 Å². The highest BCUT2D eigenvalue weighted by molar-refractivity contribution is 8.13. The SMILES string of the molecule is C=C1[C@@H](CSC(C)=O)[C@@H]1CSC(C)=O. The van der Waals surface area contributed by atoms with Crippen LogP contribution in [0.4, 0.5) is 0 Å². The van der Waals surface area contributed by atoms with Gasteiger partial charge in [0.05, 0.1) is 0 Å². The summed E-state index contributed by atoms with van der Waals surface area (Å²) in [5.41, 5.74) is 1.20. The van der Waals surface area contributed by atoms with E-state index in [0.717, 1.165) is 11.5 Å².